The van der Waals surface area contributed by atoms with Gasteiger partial charge in [0, 0.05) is 4.88 Å². The zero-order chi connectivity index (χ0) is 28.1. The number of aliphatic hydroxyl groups excluding tert-OH is 1. The Balaban J connectivity index is 2.36. The normalized spacial score (nSPS) is 13.9. The second-order valence-electron chi connectivity index (χ2n) is 12.9. The van der Waals surface area contributed by atoms with Crippen molar-refractivity contribution >= 4 is 36.4 Å². The minimum atomic E-state index is -0.427. The maximum absolute atomic E-state index is 9.33. The predicted octanol–water partition coefficient (Wildman–Crippen LogP) is 8.50. The van der Waals surface area contributed by atoms with Crippen molar-refractivity contribution in [2.75, 3.05) is 6.61 Å². The highest BCUT2D eigenvalue weighted by Crippen LogP contribution is 2.39. The van der Waals surface area contributed by atoms with Crippen molar-refractivity contribution in [3.63, 3.8) is 0 Å². The first-order chi connectivity index (χ1) is 17.0. The number of rotatable bonds is 12. The van der Waals surface area contributed by atoms with E-state index >= 15 is 0 Å². The molecule has 0 aliphatic rings. The van der Waals surface area contributed by atoms with Crippen LogP contribution in [0.4, 0.5) is 0 Å². The third-order valence-electron chi connectivity index (χ3n) is 6.00. The van der Waals surface area contributed by atoms with Crippen LogP contribution in [-0.4, -0.2) is 31.2 Å². The monoisotopic (exact) mass is 556 g/mol. The lowest BCUT2D eigenvalue weighted by molar-refractivity contribution is 0.0829. The highest BCUT2D eigenvalue weighted by Gasteiger charge is 2.34. The van der Waals surface area contributed by atoms with Crippen LogP contribution in [0.5, 0.6) is 0 Å². The van der Waals surface area contributed by atoms with Gasteiger partial charge >= 0.3 is 0 Å². The fourth-order valence-electron chi connectivity index (χ4n) is 3.93. The second kappa shape index (κ2) is 12.9. The van der Waals surface area contributed by atoms with E-state index in [4.69, 9.17) is 8.85 Å². The molecule has 0 spiro atoms. The number of benzene rings is 1. The third kappa shape index (κ3) is 10.2. The fourth-order valence-corrected chi connectivity index (χ4v) is 6.34. The molecule has 0 unspecified atom stereocenters. The fraction of sp³-hybridized carbons (Fsp3) is 0.613. The maximum atomic E-state index is 9.33. The predicted molar refractivity (Wildman–Crippen MR) is 163 cm³/mol. The van der Waals surface area contributed by atoms with Crippen molar-refractivity contribution in [1.82, 2.24) is 0 Å². The molecule has 1 N–H and O–H groups in total. The maximum Gasteiger partial charge on any atom is 0.236 e. The van der Waals surface area contributed by atoms with E-state index in [0.717, 1.165) is 19.3 Å². The molecule has 1 aromatic carbocycles. The number of aliphatic hydroxyl groups is 1. The van der Waals surface area contributed by atoms with Crippen molar-refractivity contribution in [2.45, 2.75) is 117 Å². The van der Waals surface area contributed by atoms with Crippen LogP contribution in [0.25, 0.3) is 5.57 Å². The van der Waals surface area contributed by atoms with Gasteiger partial charge in [0.25, 0.3) is 0 Å². The molecule has 1 aromatic heterocycles. The Kier molecular flexibility index (Phi) is 11.2. The first-order valence-corrected chi connectivity index (χ1v) is 16.1. The molecule has 0 amide bonds. The molecule has 37 heavy (non-hydrogen) atoms. The summed E-state index contributed by atoms with van der Waals surface area (Å²) in [5.41, 5.74) is 5.47. The van der Waals surface area contributed by atoms with Crippen LogP contribution in [-0.2, 0) is 32.9 Å². The topological polar surface area (TPSA) is 38.7 Å². The standard InChI is InChI=1S/C31H48O3SSi2/c1-12-24(17-18-32)27-20-23(21-35-27)14-13-22-15-16-25(30(8,9)33-36-28(2,3)4)26(19-22)31(10,11)34-37-29(5,6)7/h15-17,19-21,32H,12-14,18H2,1-11H3. The number of hydrogen-bond acceptors (Lipinski definition) is 4. The number of allylic oxidation sites excluding steroid dienone is 1. The number of aryl methyl sites for hydroxylation is 2. The Bertz CT molecular complexity index is 1040. The van der Waals surface area contributed by atoms with Gasteiger partial charge in [-0.2, -0.15) is 0 Å². The quantitative estimate of drug-likeness (QED) is 0.266. The van der Waals surface area contributed by atoms with E-state index in [1.54, 1.807) is 11.3 Å². The van der Waals surface area contributed by atoms with E-state index in [0.29, 0.717) is 19.5 Å². The van der Waals surface area contributed by atoms with Gasteiger partial charge in [0.2, 0.25) is 19.5 Å². The summed E-state index contributed by atoms with van der Waals surface area (Å²) in [6, 6.07) is 9.17. The molecule has 204 valence electrons. The van der Waals surface area contributed by atoms with Crippen LogP contribution in [0.1, 0.15) is 110 Å². The smallest absolute Gasteiger partial charge is 0.236 e. The van der Waals surface area contributed by atoms with Crippen LogP contribution in [0.15, 0.2) is 35.7 Å². The summed E-state index contributed by atoms with van der Waals surface area (Å²) >= 11 is 1.77. The van der Waals surface area contributed by atoms with Crippen molar-refractivity contribution in [2.24, 2.45) is 0 Å². The molecule has 2 aromatic rings. The van der Waals surface area contributed by atoms with Crippen LogP contribution in [0, 0.1) is 0 Å². The third-order valence-corrected chi connectivity index (χ3v) is 9.50. The molecule has 3 nitrogen and oxygen atoms in total. The summed E-state index contributed by atoms with van der Waals surface area (Å²) in [6.45, 7) is 24.3. The molecular weight excluding hydrogens is 509 g/mol. The molecule has 0 aliphatic heterocycles. The van der Waals surface area contributed by atoms with Crippen molar-refractivity contribution < 1.29 is 14.0 Å². The summed E-state index contributed by atoms with van der Waals surface area (Å²) in [5, 5.41) is 11.8. The van der Waals surface area contributed by atoms with Gasteiger partial charge in [0.05, 0.1) is 17.8 Å². The Morgan fingerprint density at radius 3 is 1.86 bits per heavy atom. The van der Waals surface area contributed by atoms with Gasteiger partial charge in [-0.15, -0.1) is 11.3 Å². The van der Waals surface area contributed by atoms with E-state index in [1.807, 2.05) is 6.08 Å². The minimum absolute atomic E-state index is 0.0927. The van der Waals surface area contributed by atoms with Gasteiger partial charge in [-0.25, -0.2) is 0 Å². The van der Waals surface area contributed by atoms with E-state index < -0.39 is 11.2 Å². The summed E-state index contributed by atoms with van der Waals surface area (Å²) in [7, 11) is 0.815. The highest BCUT2D eigenvalue weighted by molar-refractivity contribution is 7.11. The molecule has 2 rings (SSSR count). The molecular formula is C31H48O3SSi2. The largest absolute Gasteiger partial charge is 0.408 e. The molecule has 6 heteroatoms. The average molecular weight is 557 g/mol. The molecule has 0 bridgehead atoms. The van der Waals surface area contributed by atoms with E-state index in [1.165, 1.54) is 32.7 Å². The van der Waals surface area contributed by atoms with Crippen LogP contribution in [0.2, 0.25) is 10.1 Å². The zero-order valence-electron chi connectivity index (χ0n) is 25.0. The number of thiophene rings is 1. The summed E-state index contributed by atoms with van der Waals surface area (Å²) in [4.78, 5) is 1.26. The van der Waals surface area contributed by atoms with Gasteiger partial charge in [-0.1, -0.05) is 72.7 Å². The Morgan fingerprint density at radius 2 is 1.35 bits per heavy atom. The van der Waals surface area contributed by atoms with Crippen LogP contribution >= 0.6 is 11.3 Å². The lowest BCUT2D eigenvalue weighted by Crippen LogP contribution is -2.34. The van der Waals surface area contributed by atoms with Crippen LogP contribution in [0.3, 0.4) is 0 Å². The molecule has 4 radical (unpaired) electrons. The van der Waals surface area contributed by atoms with Crippen molar-refractivity contribution in [1.29, 1.82) is 0 Å². The van der Waals surface area contributed by atoms with Crippen molar-refractivity contribution in [3.05, 3.63) is 62.9 Å². The Hall–Kier alpha value is -1.03. The molecule has 0 atom stereocenters. The van der Waals surface area contributed by atoms with Gasteiger partial charge in [0.15, 0.2) is 0 Å². The van der Waals surface area contributed by atoms with Gasteiger partial charge < -0.3 is 14.0 Å². The second-order valence-corrected chi connectivity index (χ2v) is 17.6. The highest BCUT2D eigenvalue weighted by atomic mass is 32.1. The SMILES string of the molecule is CCC(=CCO)c1cc(CCc2ccc(C(C)(C)O[Si]C(C)(C)C)c(C(C)(C)O[Si]C(C)(C)C)c2)cs1. The van der Waals surface area contributed by atoms with Gasteiger partial charge in [0.1, 0.15) is 0 Å². The molecule has 0 saturated carbocycles. The number of hydrogen-bond donors (Lipinski definition) is 1. The van der Waals surface area contributed by atoms with Crippen molar-refractivity contribution in [3.8, 4) is 0 Å². The van der Waals surface area contributed by atoms with Gasteiger partial charge in [-0.3, -0.25) is 0 Å². The first kappa shape index (κ1) is 32.2. The molecule has 0 fully saturated rings. The molecule has 1 heterocycles. The summed E-state index contributed by atoms with van der Waals surface area (Å²) in [5.74, 6) is 0. The van der Waals surface area contributed by atoms with E-state index in [9.17, 15) is 5.11 Å². The first-order valence-electron chi connectivity index (χ1n) is 13.4. The lowest BCUT2D eigenvalue weighted by atomic mass is 9.84. The van der Waals surface area contributed by atoms with Crippen LogP contribution < -0.4 is 0 Å². The van der Waals surface area contributed by atoms with E-state index in [-0.39, 0.29) is 16.7 Å². The Morgan fingerprint density at radius 1 is 0.811 bits per heavy atom. The van der Waals surface area contributed by atoms with E-state index in [2.05, 4.69) is 106 Å². The average Bonchev–Trinajstić information content (AvgIpc) is 3.26. The minimum Gasteiger partial charge on any atom is -0.408 e. The zero-order valence-corrected chi connectivity index (χ0v) is 27.8. The summed E-state index contributed by atoms with van der Waals surface area (Å²) in [6.07, 6.45) is 4.81. The summed E-state index contributed by atoms with van der Waals surface area (Å²) < 4.78 is 13.1. The Labute approximate surface area is 236 Å². The van der Waals surface area contributed by atoms with Gasteiger partial charge in [-0.05, 0) is 96.3 Å². The molecule has 0 saturated heterocycles. The lowest BCUT2D eigenvalue weighted by Gasteiger charge is -2.37. The molecule has 0 aliphatic carbocycles.